The molecule has 7 nitrogen and oxygen atoms in total. The predicted molar refractivity (Wildman–Crippen MR) is 49.6 cm³/mol. The molecule has 1 heterocycles. The van der Waals surface area contributed by atoms with E-state index in [2.05, 4.69) is 0 Å². The van der Waals surface area contributed by atoms with Crippen LogP contribution in [0.1, 0.15) is 6.92 Å². The van der Waals surface area contributed by atoms with Gasteiger partial charge in [-0.1, -0.05) is 0 Å². The van der Waals surface area contributed by atoms with Crippen LogP contribution in [0.3, 0.4) is 0 Å². The van der Waals surface area contributed by atoms with E-state index in [-0.39, 0.29) is 13.1 Å². The second kappa shape index (κ2) is 4.05. The number of aliphatic carboxylic acids is 1. The Hall–Kier alpha value is -0.700. The lowest BCUT2D eigenvalue weighted by Crippen LogP contribution is -2.40. The Labute approximate surface area is 87.0 Å². The van der Waals surface area contributed by atoms with Crippen LogP contribution in [0.4, 0.5) is 0 Å². The number of rotatable bonds is 3. The fourth-order valence-corrected chi connectivity index (χ4v) is 2.72. The average Bonchev–Trinajstić information content (AvgIpc) is 2.46. The third-order valence-electron chi connectivity index (χ3n) is 2.38. The minimum absolute atomic E-state index is 0.263. The van der Waals surface area contributed by atoms with Crippen LogP contribution in [0.25, 0.3) is 0 Å². The van der Waals surface area contributed by atoms with E-state index >= 15 is 0 Å². The Morgan fingerprint density at radius 3 is 2.07 bits per heavy atom. The van der Waals surface area contributed by atoms with Crippen molar-refractivity contribution in [3.05, 3.63) is 0 Å². The van der Waals surface area contributed by atoms with Crippen molar-refractivity contribution in [2.24, 2.45) is 0 Å². The van der Waals surface area contributed by atoms with Gasteiger partial charge in [-0.2, -0.15) is 4.31 Å². The monoisotopic (exact) mass is 239 g/mol. The smallest absolute Gasteiger partial charge is 0.323 e. The van der Waals surface area contributed by atoms with Crippen molar-refractivity contribution in [3.8, 4) is 0 Å². The molecule has 0 aliphatic carbocycles. The molecule has 3 N–H and O–H groups in total. The SMILES string of the molecule is CC(C(=O)O)S(=O)(=O)N1C[C@@H](O)[C@@H](O)C1. The molecule has 1 rings (SSSR count). The number of aliphatic hydroxyl groups is 2. The summed E-state index contributed by atoms with van der Waals surface area (Å²) in [6, 6.07) is 0. The number of carbonyl (C=O) groups is 1. The van der Waals surface area contributed by atoms with Crippen LogP contribution in [0.5, 0.6) is 0 Å². The van der Waals surface area contributed by atoms with Gasteiger partial charge >= 0.3 is 5.97 Å². The van der Waals surface area contributed by atoms with Crippen molar-refractivity contribution in [1.29, 1.82) is 0 Å². The minimum Gasteiger partial charge on any atom is -0.480 e. The highest BCUT2D eigenvalue weighted by atomic mass is 32.2. The van der Waals surface area contributed by atoms with Crippen LogP contribution in [-0.4, -0.2) is 64.6 Å². The Balaban J connectivity index is 2.85. The molecule has 1 unspecified atom stereocenters. The van der Waals surface area contributed by atoms with Gasteiger partial charge in [0, 0.05) is 13.1 Å². The topological polar surface area (TPSA) is 115 Å². The highest BCUT2D eigenvalue weighted by Gasteiger charge is 2.41. The summed E-state index contributed by atoms with van der Waals surface area (Å²) in [5.41, 5.74) is 0. The maximum atomic E-state index is 11.6. The highest BCUT2D eigenvalue weighted by molar-refractivity contribution is 7.90. The van der Waals surface area contributed by atoms with Crippen molar-refractivity contribution in [1.82, 2.24) is 4.31 Å². The lowest BCUT2D eigenvalue weighted by molar-refractivity contribution is -0.136. The highest BCUT2D eigenvalue weighted by Crippen LogP contribution is 2.17. The molecule has 15 heavy (non-hydrogen) atoms. The van der Waals surface area contributed by atoms with Crippen molar-refractivity contribution >= 4 is 16.0 Å². The van der Waals surface area contributed by atoms with Gasteiger partial charge in [-0.15, -0.1) is 0 Å². The second-order valence-corrected chi connectivity index (χ2v) is 5.73. The van der Waals surface area contributed by atoms with Gasteiger partial charge in [-0.05, 0) is 6.92 Å². The third-order valence-corrected chi connectivity index (χ3v) is 4.49. The first-order chi connectivity index (χ1) is 6.76. The Bertz CT molecular complexity index is 342. The summed E-state index contributed by atoms with van der Waals surface area (Å²) in [6.45, 7) is 0.525. The summed E-state index contributed by atoms with van der Waals surface area (Å²) < 4.78 is 24.0. The molecule has 1 aliphatic heterocycles. The first kappa shape index (κ1) is 12.4. The van der Waals surface area contributed by atoms with Crippen LogP contribution in [0.2, 0.25) is 0 Å². The van der Waals surface area contributed by atoms with Gasteiger partial charge < -0.3 is 15.3 Å². The molecule has 0 bridgehead atoms. The number of carboxylic acid groups (broad SMARTS) is 1. The predicted octanol–water partition coefficient (Wildman–Crippen LogP) is -2.17. The normalized spacial score (nSPS) is 30.3. The number of carboxylic acids is 1. The summed E-state index contributed by atoms with van der Waals surface area (Å²) in [6.07, 6.45) is -2.30. The molecule has 0 spiro atoms. The fraction of sp³-hybridized carbons (Fsp3) is 0.857. The summed E-state index contributed by atoms with van der Waals surface area (Å²) in [4.78, 5) is 10.5. The number of sulfonamides is 1. The van der Waals surface area contributed by atoms with E-state index in [9.17, 15) is 13.2 Å². The maximum Gasteiger partial charge on any atom is 0.323 e. The van der Waals surface area contributed by atoms with Crippen molar-refractivity contribution in [3.63, 3.8) is 0 Å². The van der Waals surface area contributed by atoms with E-state index in [1.807, 2.05) is 0 Å². The zero-order valence-corrected chi connectivity index (χ0v) is 8.88. The van der Waals surface area contributed by atoms with Crippen LogP contribution in [0.15, 0.2) is 0 Å². The molecular weight excluding hydrogens is 226 g/mol. The lowest BCUT2D eigenvalue weighted by atomic mass is 10.3. The average molecular weight is 239 g/mol. The molecule has 1 aliphatic rings. The van der Waals surface area contributed by atoms with E-state index in [0.717, 1.165) is 11.2 Å². The summed E-state index contributed by atoms with van der Waals surface area (Å²) in [7, 11) is -3.99. The lowest BCUT2D eigenvalue weighted by Gasteiger charge is -2.18. The number of β-amino-alcohol motifs (C(OH)–C–C–N with tert-alkyl or cyclic N) is 2. The van der Waals surface area contributed by atoms with E-state index in [1.165, 1.54) is 0 Å². The first-order valence-electron chi connectivity index (χ1n) is 4.34. The Morgan fingerprint density at radius 1 is 1.33 bits per heavy atom. The largest absolute Gasteiger partial charge is 0.480 e. The van der Waals surface area contributed by atoms with Gasteiger partial charge in [0.1, 0.15) is 0 Å². The molecule has 0 amide bonds. The molecule has 1 saturated heterocycles. The van der Waals surface area contributed by atoms with E-state index < -0.39 is 33.5 Å². The van der Waals surface area contributed by atoms with Gasteiger partial charge in [-0.3, -0.25) is 4.79 Å². The standard InChI is InChI=1S/C7H13NO6S/c1-4(7(11)12)15(13,14)8-2-5(9)6(10)3-8/h4-6,9-10H,2-3H2,1H3,(H,11,12)/t4?,5-,6+. The van der Waals surface area contributed by atoms with Crippen LogP contribution in [0, 0.1) is 0 Å². The van der Waals surface area contributed by atoms with Crippen molar-refractivity contribution in [2.75, 3.05) is 13.1 Å². The van der Waals surface area contributed by atoms with Crippen LogP contribution >= 0.6 is 0 Å². The van der Waals surface area contributed by atoms with Gasteiger partial charge in [-0.25, -0.2) is 8.42 Å². The quantitative estimate of drug-likeness (QED) is 0.516. The number of nitrogens with zero attached hydrogens (tertiary/aromatic N) is 1. The molecule has 0 aromatic heterocycles. The Morgan fingerprint density at radius 2 is 1.73 bits per heavy atom. The summed E-state index contributed by atoms with van der Waals surface area (Å²) in [5.74, 6) is -1.45. The molecule has 88 valence electrons. The van der Waals surface area contributed by atoms with Gasteiger partial charge in [0.15, 0.2) is 5.25 Å². The van der Waals surface area contributed by atoms with E-state index in [1.54, 1.807) is 0 Å². The van der Waals surface area contributed by atoms with Crippen molar-refractivity contribution in [2.45, 2.75) is 24.4 Å². The van der Waals surface area contributed by atoms with Crippen molar-refractivity contribution < 1.29 is 28.5 Å². The number of hydrogen-bond donors (Lipinski definition) is 3. The number of aliphatic hydroxyl groups excluding tert-OH is 2. The molecule has 0 saturated carbocycles. The molecular formula is C7H13NO6S. The van der Waals surface area contributed by atoms with Gasteiger partial charge in [0.2, 0.25) is 10.0 Å². The zero-order chi connectivity index (χ0) is 11.8. The van der Waals surface area contributed by atoms with Gasteiger partial charge in [0.25, 0.3) is 0 Å². The summed E-state index contributed by atoms with van der Waals surface area (Å²) >= 11 is 0. The third kappa shape index (κ3) is 2.28. The first-order valence-corrected chi connectivity index (χ1v) is 5.85. The van der Waals surface area contributed by atoms with Crippen LogP contribution in [-0.2, 0) is 14.8 Å². The Kier molecular flexibility index (Phi) is 3.34. The molecule has 0 aromatic carbocycles. The maximum absolute atomic E-state index is 11.6. The van der Waals surface area contributed by atoms with Crippen LogP contribution < -0.4 is 0 Å². The molecule has 1 fully saturated rings. The molecule has 3 atom stereocenters. The van der Waals surface area contributed by atoms with E-state index in [0.29, 0.717) is 0 Å². The summed E-state index contributed by atoms with van der Waals surface area (Å²) in [5, 5.41) is 25.3. The van der Waals surface area contributed by atoms with Gasteiger partial charge in [0.05, 0.1) is 12.2 Å². The second-order valence-electron chi connectivity index (χ2n) is 3.48. The fourth-order valence-electron chi connectivity index (χ4n) is 1.29. The van der Waals surface area contributed by atoms with E-state index in [4.69, 9.17) is 15.3 Å². The minimum atomic E-state index is -3.99. The molecule has 0 radical (unpaired) electrons. The molecule has 0 aromatic rings. The zero-order valence-electron chi connectivity index (χ0n) is 8.07. The molecule has 8 heteroatoms. The number of hydrogen-bond acceptors (Lipinski definition) is 5.